The number of carbonyl (C=O) groups excluding carboxylic acids is 2. The van der Waals surface area contributed by atoms with Crippen LogP contribution in [0.1, 0.15) is 29.8 Å². The van der Waals surface area contributed by atoms with Crippen molar-refractivity contribution in [2.75, 3.05) is 6.61 Å². The minimum absolute atomic E-state index is 0.182. The molecule has 0 aliphatic heterocycles. The van der Waals surface area contributed by atoms with Gasteiger partial charge in [0.05, 0.1) is 16.8 Å². The predicted molar refractivity (Wildman–Crippen MR) is 118 cm³/mol. The normalized spacial score (nSPS) is 11.9. The van der Waals surface area contributed by atoms with Crippen molar-refractivity contribution in [2.45, 2.75) is 19.9 Å². The average molecular weight is 466 g/mol. The molecule has 31 heavy (non-hydrogen) atoms. The summed E-state index contributed by atoms with van der Waals surface area (Å²) >= 11 is 11.9. The summed E-state index contributed by atoms with van der Waals surface area (Å²) in [5.74, 6) is -1.89. The Labute approximate surface area is 189 Å². The predicted octanol–water partition coefficient (Wildman–Crippen LogP) is 3.36. The molecule has 0 aromatic heterocycles. The Morgan fingerprint density at radius 2 is 1.81 bits per heavy atom. The lowest BCUT2D eigenvalue weighted by molar-refractivity contribution is -0.139. The monoisotopic (exact) mass is 465 g/mol. The van der Waals surface area contributed by atoms with Crippen LogP contribution in [0.25, 0.3) is 0 Å². The fourth-order valence-electron chi connectivity index (χ4n) is 2.46. The van der Waals surface area contributed by atoms with Gasteiger partial charge in [-0.3, -0.25) is 9.59 Å². The minimum atomic E-state index is -1.07. The number of hydrogen-bond acceptors (Lipinski definition) is 5. The molecule has 0 saturated heterocycles. The lowest BCUT2D eigenvalue weighted by Gasteiger charge is -2.20. The van der Waals surface area contributed by atoms with E-state index in [0.29, 0.717) is 16.3 Å². The maximum Gasteiger partial charge on any atom is 0.341 e. The quantitative estimate of drug-likeness (QED) is 0.387. The van der Waals surface area contributed by atoms with E-state index in [1.165, 1.54) is 24.4 Å². The number of benzene rings is 2. The van der Waals surface area contributed by atoms with Crippen molar-refractivity contribution in [2.24, 2.45) is 11.0 Å². The topological polar surface area (TPSA) is 117 Å². The van der Waals surface area contributed by atoms with Crippen LogP contribution in [0.2, 0.25) is 10.0 Å². The highest BCUT2D eigenvalue weighted by atomic mass is 35.5. The van der Waals surface area contributed by atoms with Crippen LogP contribution in [0.15, 0.2) is 47.6 Å². The Morgan fingerprint density at radius 1 is 1.13 bits per heavy atom. The molecular formula is C21H21Cl2N3O5. The highest BCUT2D eigenvalue weighted by Crippen LogP contribution is 2.21. The molecule has 2 amide bonds. The first-order valence-electron chi connectivity index (χ1n) is 9.21. The molecule has 1 unspecified atom stereocenters. The van der Waals surface area contributed by atoms with Gasteiger partial charge in [0.2, 0.25) is 0 Å². The van der Waals surface area contributed by atoms with Crippen molar-refractivity contribution >= 4 is 47.2 Å². The molecule has 0 aliphatic carbocycles. The van der Waals surface area contributed by atoms with Crippen molar-refractivity contribution in [1.29, 1.82) is 0 Å². The number of ether oxygens (including phenoxy) is 1. The molecule has 2 aromatic carbocycles. The van der Waals surface area contributed by atoms with E-state index in [1.54, 1.807) is 38.1 Å². The standard InChI is InChI=1S/C21H21Cl2N3O5/c1-12(2)19(25-20(29)16-8-5-14(22)9-17(16)23)21(30)26-24-10-13-3-6-15(7-4-13)31-11-18(27)28/h3-10,12,19H,11H2,1-2H3,(H,25,29)(H,26,30)(H,27,28). The van der Waals surface area contributed by atoms with Crippen LogP contribution in [0.4, 0.5) is 0 Å². The summed E-state index contributed by atoms with van der Waals surface area (Å²) in [6.07, 6.45) is 1.41. The fourth-order valence-corrected chi connectivity index (χ4v) is 2.96. The summed E-state index contributed by atoms with van der Waals surface area (Å²) in [7, 11) is 0. The van der Waals surface area contributed by atoms with Gasteiger partial charge in [-0.05, 0) is 53.9 Å². The van der Waals surface area contributed by atoms with Crippen molar-refractivity contribution in [3.05, 3.63) is 63.6 Å². The van der Waals surface area contributed by atoms with Crippen molar-refractivity contribution in [3.63, 3.8) is 0 Å². The molecule has 8 nitrogen and oxygen atoms in total. The molecule has 0 radical (unpaired) electrons. The number of carbonyl (C=O) groups is 3. The molecule has 2 aromatic rings. The third kappa shape index (κ3) is 7.58. The van der Waals surface area contributed by atoms with Crippen molar-refractivity contribution in [1.82, 2.24) is 10.7 Å². The number of rotatable bonds is 9. The van der Waals surface area contributed by atoms with Crippen LogP contribution >= 0.6 is 23.2 Å². The Kier molecular flexibility index (Phi) is 8.84. The Morgan fingerprint density at radius 3 is 2.39 bits per heavy atom. The summed E-state index contributed by atoms with van der Waals surface area (Å²) in [5.41, 5.74) is 3.26. The maximum atomic E-state index is 12.5. The summed E-state index contributed by atoms with van der Waals surface area (Å²) in [5, 5.41) is 15.7. The van der Waals surface area contributed by atoms with Crippen LogP contribution < -0.4 is 15.5 Å². The van der Waals surface area contributed by atoms with Gasteiger partial charge >= 0.3 is 5.97 Å². The zero-order valence-electron chi connectivity index (χ0n) is 16.8. The molecule has 2 rings (SSSR count). The van der Waals surface area contributed by atoms with Gasteiger partial charge in [0.15, 0.2) is 6.61 Å². The van der Waals surface area contributed by atoms with E-state index in [-0.39, 0.29) is 16.5 Å². The van der Waals surface area contributed by atoms with Gasteiger partial charge in [0.1, 0.15) is 11.8 Å². The number of carboxylic acids is 1. The fraction of sp³-hybridized carbons (Fsp3) is 0.238. The molecule has 0 heterocycles. The first-order valence-corrected chi connectivity index (χ1v) is 9.96. The molecule has 0 aliphatic rings. The smallest absolute Gasteiger partial charge is 0.341 e. The van der Waals surface area contributed by atoms with Gasteiger partial charge in [-0.1, -0.05) is 37.0 Å². The van der Waals surface area contributed by atoms with Gasteiger partial charge < -0.3 is 15.2 Å². The molecule has 0 spiro atoms. The Bertz CT molecular complexity index is 977. The number of nitrogens with one attached hydrogen (secondary N) is 2. The number of halogens is 2. The first-order chi connectivity index (χ1) is 14.7. The van der Waals surface area contributed by atoms with Crippen LogP contribution in [0.3, 0.4) is 0 Å². The summed E-state index contributed by atoms with van der Waals surface area (Å²) in [6.45, 7) is 3.13. The van der Waals surface area contributed by atoms with Gasteiger partial charge in [-0.2, -0.15) is 5.10 Å². The largest absolute Gasteiger partial charge is 0.482 e. The van der Waals surface area contributed by atoms with Gasteiger partial charge in [-0.15, -0.1) is 0 Å². The number of hydrogen-bond donors (Lipinski definition) is 3. The molecule has 1 atom stereocenters. The van der Waals surface area contributed by atoms with E-state index in [4.69, 9.17) is 33.0 Å². The molecule has 0 saturated carbocycles. The number of carboxylic acid groups (broad SMARTS) is 1. The highest BCUT2D eigenvalue weighted by Gasteiger charge is 2.25. The third-order valence-electron chi connectivity index (χ3n) is 4.04. The lowest BCUT2D eigenvalue weighted by Crippen LogP contribution is -2.48. The van der Waals surface area contributed by atoms with E-state index in [9.17, 15) is 14.4 Å². The van der Waals surface area contributed by atoms with Crippen LogP contribution in [-0.2, 0) is 9.59 Å². The number of nitrogens with zero attached hydrogens (tertiary/aromatic N) is 1. The van der Waals surface area contributed by atoms with Gasteiger partial charge in [0, 0.05) is 5.02 Å². The van der Waals surface area contributed by atoms with Gasteiger partial charge in [0.25, 0.3) is 11.8 Å². The Hall–Kier alpha value is -3.10. The zero-order chi connectivity index (χ0) is 23.0. The zero-order valence-corrected chi connectivity index (χ0v) is 18.3. The molecule has 164 valence electrons. The summed E-state index contributed by atoms with van der Waals surface area (Å²) < 4.78 is 5.04. The Balaban J connectivity index is 1.97. The average Bonchev–Trinajstić information content (AvgIpc) is 2.70. The SMILES string of the molecule is CC(C)C(NC(=O)c1ccc(Cl)cc1Cl)C(=O)NN=Cc1ccc(OCC(=O)O)cc1. The van der Waals surface area contributed by atoms with E-state index in [1.807, 2.05) is 0 Å². The van der Waals surface area contributed by atoms with Crippen LogP contribution in [0.5, 0.6) is 5.75 Å². The molecule has 3 N–H and O–H groups in total. The number of amides is 2. The van der Waals surface area contributed by atoms with Gasteiger partial charge in [-0.25, -0.2) is 10.2 Å². The summed E-state index contributed by atoms with van der Waals surface area (Å²) in [4.78, 5) is 35.5. The van der Waals surface area contributed by atoms with Crippen molar-refractivity contribution in [3.8, 4) is 5.75 Å². The second-order valence-corrected chi connectivity index (χ2v) is 7.65. The number of aliphatic carboxylic acids is 1. The highest BCUT2D eigenvalue weighted by molar-refractivity contribution is 6.36. The second-order valence-electron chi connectivity index (χ2n) is 6.81. The second kappa shape index (κ2) is 11.3. The van der Waals surface area contributed by atoms with Crippen molar-refractivity contribution < 1.29 is 24.2 Å². The molecule has 0 bridgehead atoms. The van der Waals surface area contributed by atoms with E-state index >= 15 is 0 Å². The van der Waals surface area contributed by atoms with E-state index in [2.05, 4.69) is 15.8 Å². The lowest BCUT2D eigenvalue weighted by atomic mass is 10.0. The molecular weight excluding hydrogens is 445 g/mol. The minimum Gasteiger partial charge on any atom is -0.482 e. The van der Waals surface area contributed by atoms with E-state index in [0.717, 1.165) is 0 Å². The molecule has 10 heteroatoms. The third-order valence-corrected chi connectivity index (χ3v) is 4.59. The van der Waals surface area contributed by atoms with E-state index < -0.39 is 30.4 Å². The van der Waals surface area contributed by atoms with Crippen LogP contribution in [-0.4, -0.2) is 41.8 Å². The van der Waals surface area contributed by atoms with Crippen LogP contribution in [0, 0.1) is 5.92 Å². The molecule has 0 fully saturated rings. The maximum absolute atomic E-state index is 12.5. The summed E-state index contributed by atoms with van der Waals surface area (Å²) in [6, 6.07) is 10.1. The first kappa shape index (κ1) is 24.2. The number of hydrazone groups is 1.